The molecule has 1 heterocycles. The van der Waals surface area contributed by atoms with Gasteiger partial charge in [-0.2, -0.15) is 15.0 Å². The van der Waals surface area contributed by atoms with Crippen molar-refractivity contribution in [1.29, 1.82) is 0 Å². The van der Waals surface area contributed by atoms with Gasteiger partial charge in [0.05, 0.1) is 11.5 Å². The lowest BCUT2D eigenvalue weighted by Gasteiger charge is -2.11. The molecule has 0 bridgehead atoms. The molecule has 0 aliphatic carbocycles. The normalized spacial score (nSPS) is 11.8. The molecule has 24 heavy (non-hydrogen) atoms. The molecule has 0 fully saturated rings. The summed E-state index contributed by atoms with van der Waals surface area (Å²) in [6.45, 7) is 4.02. The Balaban J connectivity index is 1.90. The number of hydrogen-bond acceptors (Lipinski definition) is 7. The van der Waals surface area contributed by atoms with Crippen molar-refractivity contribution in [2.45, 2.75) is 32.1 Å². The summed E-state index contributed by atoms with van der Waals surface area (Å²) in [5.41, 5.74) is 6.61. The molecule has 0 saturated heterocycles. The minimum absolute atomic E-state index is 0.0130. The molecule has 0 spiro atoms. The van der Waals surface area contributed by atoms with Crippen LogP contribution in [0.2, 0.25) is 0 Å². The second-order valence-corrected chi connectivity index (χ2v) is 6.28. The van der Waals surface area contributed by atoms with Gasteiger partial charge >= 0.3 is 0 Å². The van der Waals surface area contributed by atoms with Crippen LogP contribution < -0.4 is 16.4 Å². The predicted molar refractivity (Wildman–Crippen MR) is 98.0 cm³/mol. The van der Waals surface area contributed by atoms with Crippen LogP contribution >= 0.6 is 11.8 Å². The fourth-order valence-corrected chi connectivity index (χ4v) is 2.55. The van der Waals surface area contributed by atoms with Crippen LogP contribution in [0.4, 0.5) is 17.6 Å². The maximum Gasteiger partial charge on any atom is 0.232 e. The lowest BCUT2D eigenvalue weighted by molar-refractivity contribution is -0.119. The molecule has 128 valence electrons. The number of carbonyl (C=O) groups excluding carboxylic acids is 1. The van der Waals surface area contributed by atoms with E-state index in [0.717, 1.165) is 12.1 Å². The average molecular weight is 346 g/mol. The van der Waals surface area contributed by atoms with Crippen molar-refractivity contribution in [3.8, 4) is 0 Å². The topological polar surface area (TPSA) is 106 Å². The summed E-state index contributed by atoms with van der Waals surface area (Å²) in [7, 11) is 0. The van der Waals surface area contributed by atoms with Crippen molar-refractivity contribution >= 4 is 35.3 Å². The first kappa shape index (κ1) is 18.0. The molecule has 4 N–H and O–H groups in total. The van der Waals surface area contributed by atoms with Crippen molar-refractivity contribution < 1.29 is 4.79 Å². The molecular weight excluding hydrogens is 324 g/mol. The number of carbonyl (C=O) groups is 1. The van der Waals surface area contributed by atoms with E-state index in [2.05, 4.69) is 25.6 Å². The van der Waals surface area contributed by atoms with Crippen molar-refractivity contribution in [3.63, 3.8) is 0 Å². The lowest BCUT2D eigenvalue weighted by Crippen LogP contribution is -2.33. The summed E-state index contributed by atoms with van der Waals surface area (Å²) in [4.78, 5) is 24.3. The third-order valence-electron chi connectivity index (χ3n) is 3.21. The van der Waals surface area contributed by atoms with E-state index in [1.807, 2.05) is 44.2 Å². The molecule has 0 aliphatic rings. The number of nitrogen functional groups attached to an aromatic ring is 1. The number of aromatic nitrogens is 3. The molecule has 0 aliphatic heterocycles. The lowest BCUT2D eigenvalue weighted by atomic mass is 10.3. The largest absolute Gasteiger partial charge is 0.368 e. The second kappa shape index (κ2) is 9.07. The molecule has 0 unspecified atom stereocenters. The van der Waals surface area contributed by atoms with E-state index in [0.29, 0.717) is 23.3 Å². The third kappa shape index (κ3) is 6.04. The summed E-state index contributed by atoms with van der Waals surface area (Å²) >= 11 is 1.44. The summed E-state index contributed by atoms with van der Waals surface area (Å²) in [6, 6.07) is 9.77. The number of rotatable bonds is 8. The Labute approximate surface area is 145 Å². The Morgan fingerprint density at radius 3 is 2.71 bits per heavy atom. The molecule has 7 nitrogen and oxygen atoms in total. The third-order valence-corrected chi connectivity index (χ3v) is 4.14. The number of benzene rings is 1. The molecule has 1 aromatic heterocycles. The van der Waals surface area contributed by atoms with E-state index in [1.165, 1.54) is 11.8 Å². The smallest absolute Gasteiger partial charge is 0.232 e. The number of amides is 1. The van der Waals surface area contributed by atoms with Crippen molar-refractivity contribution in [2.24, 2.45) is 0 Å². The highest BCUT2D eigenvalue weighted by Gasteiger charge is 2.08. The van der Waals surface area contributed by atoms with Crippen LogP contribution in [0.25, 0.3) is 0 Å². The predicted octanol–water partition coefficient (Wildman–Crippen LogP) is 2.35. The first-order valence-electron chi connectivity index (χ1n) is 7.76. The highest BCUT2D eigenvalue weighted by atomic mass is 32.2. The Hall–Kier alpha value is -2.35. The Bertz CT molecular complexity index is 667. The Morgan fingerprint density at radius 2 is 2.00 bits per heavy atom. The van der Waals surface area contributed by atoms with Crippen LogP contribution in [-0.2, 0) is 10.5 Å². The molecule has 1 aromatic carbocycles. The van der Waals surface area contributed by atoms with Gasteiger partial charge in [0.1, 0.15) is 5.82 Å². The summed E-state index contributed by atoms with van der Waals surface area (Å²) in [5, 5.41) is 6.01. The average Bonchev–Trinajstić information content (AvgIpc) is 2.55. The van der Waals surface area contributed by atoms with Crippen LogP contribution in [-0.4, -0.2) is 32.7 Å². The van der Waals surface area contributed by atoms with Crippen molar-refractivity contribution in [3.05, 3.63) is 36.2 Å². The Kier molecular flexibility index (Phi) is 6.80. The number of thioether (sulfide) groups is 1. The number of nitrogens with one attached hydrogen (secondary N) is 2. The van der Waals surface area contributed by atoms with Crippen LogP contribution in [0.1, 0.15) is 26.1 Å². The first-order chi connectivity index (χ1) is 11.6. The van der Waals surface area contributed by atoms with Gasteiger partial charge in [-0.05, 0) is 25.5 Å². The van der Waals surface area contributed by atoms with E-state index in [9.17, 15) is 4.79 Å². The fourth-order valence-electron chi connectivity index (χ4n) is 1.86. The van der Waals surface area contributed by atoms with E-state index < -0.39 is 0 Å². The van der Waals surface area contributed by atoms with Gasteiger partial charge in [-0.15, -0.1) is 11.8 Å². The van der Waals surface area contributed by atoms with Gasteiger partial charge in [0.2, 0.25) is 17.8 Å². The minimum Gasteiger partial charge on any atom is -0.368 e. The number of hydrogen-bond donors (Lipinski definition) is 3. The van der Waals surface area contributed by atoms with Gasteiger partial charge in [-0.1, -0.05) is 25.1 Å². The van der Waals surface area contributed by atoms with Gasteiger partial charge < -0.3 is 16.4 Å². The fraction of sp³-hybridized carbons (Fsp3) is 0.375. The molecule has 1 amide bonds. The van der Waals surface area contributed by atoms with Crippen LogP contribution in [0.3, 0.4) is 0 Å². The maximum atomic E-state index is 11.8. The zero-order valence-electron chi connectivity index (χ0n) is 13.8. The minimum atomic E-state index is 0.0130. The maximum absolute atomic E-state index is 11.8. The summed E-state index contributed by atoms with van der Waals surface area (Å²) in [5.74, 6) is 1.96. The van der Waals surface area contributed by atoms with Gasteiger partial charge in [0.25, 0.3) is 0 Å². The van der Waals surface area contributed by atoms with Crippen molar-refractivity contribution in [2.75, 3.05) is 16.8 Å². The Morgan fingerprint density at radius 1 is 1.25 bits per heavy atom. The van der Waals surface area contributed by atoms with Gasteiger partial charge in [-0.25, -0.2) is 0 Å². The second-order valence-electron chi connectivity index (χ2n) is 5.29. The van der Waals surface area contributed by atoms with Gasteiger partial charge in [0.15, 0.2) is 0 Å². The highest BCUT2D eigenvalue weighted by Crippen LogP contribution is 2.15. The standard InChI is InChI=1S/C16H22N6OS/c1-3-11(2)18-14(23)10-24-9-13-20-15(17)22-16(21-13)19-12-7-5-4-6-8-12/h4-8,11H,3,9-10H2,1-2H3,(H,18,23)(H3,17,19,20,21,22)/t11-/m0/s1. The van der Waals surface area contributed by atoms with E-state index >= 15 is 0 Å². The van der Waals surface area contributed by atoms with E-state index in [-0.39, 0.29) is 17.9 Å². The molecular formula is C16H22N6OS. The van der Waals surface area contributed by atoms with Gasteiger partial charge in [-0.3, -0.25) is 4.79 Å². The molecule has 2 aromatic rings. The molecule has 1 atom stereocenters. The number of nitrogens with two attached hydrogens (primary N) is 1. The van der Waals surface area contributed by atoms with E-state index in [1.54, 1.807) is 0 Å². The SMILES string of the molecule is CC[C@H](C)NC(=O)CSCc1nc(N)nc(Nc2ccccc2)n1. The first-order valence-corrected chi connectivity index (χ1v) is 8.92. The number of nitrogens with zero attached hydrogens (tertiary/aromatic N) is 3. The number of para-hydroxylation sites is 1. The van der Waals surface area contributed by atoms with Crippen LogP contribution in [0.15, 0.2) is 30.3 Å². The van der Waals surface area contributed by atoms with Crippen LogP contribution in [0.5, 0.6) is 0 Å². The molecule has 0 radical (unpaired) electrons. The monoisotopic (exact) mass is 346 g/mol. The van der Waals surface area contributed by atoms with E-state index in [4.69, 9.17) is 5.73 Å². The summed E-state index contributed by atoms with van der Waals surface area (Å²) < 4.78 is 0. The van der Waals surface area contributed by atoms with Crippen molar-refractivity contribution in [1.82, 2.24) is 20.3 Å². The zero-order chi connectivity index (χ0) is 17.4. The zero-order valence-corrected chi connectivity index (χ0v) is 14.6. The molecule has 0 saturated carbocycles. The van der Waals surface area contributed by atoms with Crippen LogP contribution in [0, 0.1) is 0 Å². The molecule has 8 heteroatoms. The quantitative estimate of drug-likeness (QED) is 0.673. The van der Waals surface area contributed by atoms with Gasteiger partial charge in [0, 0.05) is 11.7 Å². The highest BCUT2D eigenvalue weighted by molar-refractivity contribution is 7.99. The molecule has 2 rings (SSSR count). The number of anilines is 3. The summed E-state index contributed by atoms with van der Waals surface area (Å²) in [6.07, 6.45) is 0.912.